The Kier molecular flexibility index (Phi) is 4.90. The third kappa shape index (κ3) is 3.58. The molecule has 0 unspecified atom stereocenters. The zero-order valence-corrected chi connectivity index (χ0v) is 12.9. The molecule has 0 aliphatic carbocycles. The van der Waals surface area contributed by atoms with Crippen LogP contribution in [0.1, 0.15) is 22.8 Å². The molecule has 106 valence electrons. The lowest BCUT2D eigenvalue weighted by atomic mass is 10.1. The van der Waals surface area contributed by atoms with E-state index in [1.54, 1.807) is 36.7 Å². The molecule has 0 spiro atoms. The zero-order valence-electron chi connectivity index (χ0n) is 11.4. The Bertz CT molecular complexity index is 709. The first-order chi connectivity index (χ1) is 10.2. The number of hydrogen-bond donors (Lipinski definition) is 2. The monoisotopic (exact) mass is 344 g/mol. The molecule has 1 heterocycles. The predicted molar refractivity (Wildman–Crippen MR) is 85.2 cm³/mol. The first-order valence-corrected chi connectivity index (χ1v) is 7.14. The smallest absolute Gasteiger partial charge is 0.257 e. The Morgan fingerprint density at radius 3 is 2.90 bits per heavy atom. The lowest BCUT2D eigenvalue weighted by Crippen LogP contribution is -2.15. The van der Waals surface area contributed by atoms with Crippen LogP contribution in [0.25, 0.3) is 0 Å². The topological polar surface area (TPSA) is 77.8 Å². The van der Waals surface area contributed by atoms with Gasteiger partial charge in [0.1, 0.15) is 6.07 Å². The minimum Gasteiger partial charge on any atom is -0.383 e. The number of nitriles is 1. The summed E-state index contributed by atoms with van der Waals surface area (Å²) in [6, 6.07) is 8.80. The first kappa shape index (κ1) is 15.0. The molecule has 2 rings (SSSR count). The van der Waals surface area contributed by atoms with Gasteiger partial charge in [-0.2, -0.15) is 5.26 Å². The molecular weight excluding hydrogens is 332 g/mol. The lowest BCUT2D eigenvalue weighted by Gasteiger charge is -2.11. The second-order valence-electron chi connectivity index (χ2n) is 4.21. The van der Waals surface area contributed by atoms with Gasteiger partial charge in [0.25, 0.3) is 5.91 Å². The number of carbonyl (C=O) groups is 1. The highest BCUT2D eigenvalue weighted by molar-refractivity contribution is 9.10. The van der Waals surface area contributed by atoms with Crippen molar-refractivity contribution in [3.8, 4) is 6.07 Å². The van der Waals surface area contributed by atoms with Gasteiger partial charge in [0.2, 0.25) is 0 Å². The molecule has 1 amide bonds. The van der Waals surface area contributed by atoms with Gasteiger partial charge < -0.3 is 10.6 Å². The number of carbonyl (C=O) groups excluding carboxylic acids is 1. The fourth-order valence-electron chi connectivity index (χ4n) is 1.83. The second kappa shape index (κ2) is 6.86. The Balaban J connectivity index is 2.31. The maximum Gasteiger partial charge on any atom is 0.257 e. The van der Waals surface area contributed by atoms with Gasteiger partial charge in [0.15, 0.2) is 0 Å². The summed E-state index contributed by atoms with van der Waals surface area (Å²) in [7, 11) is 0. The van der Waals surface area contributed by atoms with E-state index in [0.717, 1.165) is 4.47 Å². The first-order valence-electron chi connectivity index (χ1n) is 6.34. The number of halogens is 1. The molecule has 2 N–H and O–H groups in total. The van der Waals surface area contributed by atoms with E-state index in [2.05, 4.69) is 37.6 Å². The largest absolute Gasteiger partial charge is 0.383 e. The molecule has 0 saturated heterocycles. The van der Waals surface area contributed by atoms with E-state index in [1.807, 2.05) is 6.92 Å². The number of anilines is 2. The van der Waals surface area contributed by atoms with Crippen LogP contribution in [-0.4, -0.2) is 17.4 Å². The van der Waals surface area contributed by atoms with Crippen molar-refractivity contribution in [1.29, 1.82) is 5.26 Å². The normalized spacial score (nSPS) is 9.76. The van der Waals surface area contributed by atoms with Crippen LogP contribution in [-0.2, 0) is 0 Å². The summed E-state index contributed by atoms with van der Waals surface area (Å²) in [5.74, 6) is -0.289. The molecule has 21 heavy (non-hydrogen) atoms. The van der Waals surface area contributed by atoms with Crippen LogP contribution in [0.2, 0.25) is 0 Å². The minimum absolute atomic E-state index is 0.289. The minimum atomic E-state index is -0.289. The summed E-state index contributed by atoms with van der Waals surface area (Å²) in [4.78, 5) is 16.4. The number of aromatic nitrogens is 1. The Morgan fingerprint density at radius 2 is 2.19 bits per heavy atom. The SMILES string of the molecule is CCNc1cnccc1C(=O)Nc1cc(Br)ccc1C#N. The van der Waals surface area contributed by atoms with Gasteiger partial charge in [0.05, 0.1) is 28.7 Å². The number of amides is 1. The van der Waals surface area contributed by atoms with Crippen molar-refractivity contribution in [2.24, 2.45) is 0 Å². The molecular formula is C15H13BrN4O. The van der Waals surface area contributed by atoms with E-state index in [0.29, 0.717) is 29.0 Å². The van der Waals surface area contributed by atoms with Crippen LogP contribution in [0.4, 0.5) is 11.4 Å². The summed E-state index contributed by atoms with van der Waals surface area (Å²) in [5.41, 5.74) is 2.02. The number of rotatable bonds is 4. The fraction of sp³-hybridized carbons (Fsp3) is 0.133. The summed E-state index contributed by atoms with van der Waals surface area (Å²) in [6.07, 6.45) is 3.16. The van der Waals surface area contributed by atoms with E-state index < -0.39 is 0 Å². The third-order valence-electron chi connectivity index (χ3n) is 2.78. The molecule has 0 aliphatic rings. The number of benzene rings is 1. The summed E-state index contributed by atoms with van der Waals surface area (Å²) in [5, 5.41) is 14.9. The van der Waals surface area contributed by atoms with Crippen LogP contribution in [0.15, 0.2) is 41.1 Å². The summed E-state index contributed by atoms with van der Waals surface area (Å²) in [6.45, 7) is 2.63. The van der Waals surface area contributed by atoms with Gasteiger partial charge in [0, 0.05) is 17.2 Å². The molecule has 0 aliphatic heterocycles. The molecule has 0 radical (unpaired) electrons. The maximum atomic E-state index is 12.4. The van der Waals surface area contributed by atoms with E-state index in [4.69, 9.17) is 5.26 Å². The molecule has 0 bridgehead atoms. The van der Waals surface area contributed by atoms with Crippen molar-refractivity contribution < 1.29 is 4.79 Å². The van der Waals surface area contributed by atoms with Gasteiger partial charge in [-0.05, 0) is 31.2 Å². The van der Waals surface area contributed by atoms with Gasteiger partial charge in [-0.1, -0.05) is 15.9 Å². The van der Waals surface area contributed by atoms with Crippen molar-refractivity contribution in [3.63, 3.8) is 0 Å². The van der Waals surface area contributed by atoms with Gasteiger partial charge in [-0.15, -0.1) is 0 Å². The Labute approximate surface area is 131 Å². The standard InChI is InChI=1S/C15H13BrN4O/c1-2-19-14-9-18-6-5-12(14)15(21)20-13-7-11(16)4-3-10(13)8-17/h3-7,9,19H,2H2,1H3,(H,20,21). The van der Waals surface area contributed by atoms with Crippen LogP contribution in [0.3, 0.4) is 0 Å². The summed E-state index contributed by atoms with van der Waals surface area (Å²) >= 11 is 3.33. The highest BCUT2D eigenvalue weighted by Gasteiger charge is 2.13. The number of nitrogens with zero attached hydrogens (tertiary/aromatic N) is 2. The zero-order chi connectivity index (χ0) is 15.2. The number of hydrogen-bond acceptors (Lipinski definition) is 4. The molecule has 5 nitrogen and oxygen atoms in total. The number of nitrogens with one attached hydrogen (secondary N) is 2. The average Bonchev–Trinajstić information content (AvgIpc) is 2.48. The van der Waals surface area contributed by atoms with Crippen molar-refractivity contribution in [2.45, 2.75) is 6.92 Å². The molecule has 6 heteroatoms. The van der Waals surface area contributed by atoms with Crippen LogP contribution < -0.4 is 10.6 Å². The van der Waals surface area contributed by atoms with Crippen LogP contribution in [0.5, 0.6) is 0 Å². The average molecular weight is 345 g/mol. The highest BCUT2D eigenvalue weighted by atomic mass is 79.9. The maximum absolute atomic E-state index is 12.4. The third-order valence-corrected chi connectivity index (χ3v) is 3.28. The van der Waals surface area contributed by atoms with Crippen LogP contribution >= 0.6 is 15.9 Å². The quantitative estimate of drug-likeness (QED) is 0.890. The molecule has 0 atom stereocenters. The van der Waals surface area contributed by atoms with Crippen molar-refractivity contribution in [2.75, 3.05) is 17.2 Å². The Morgan fingerprint density at radius 1 is 1.38 bits per heavy atom. The molecule has 0 saturated carbocycles. The van der Waals surface area contributed by atoms with Crippen molar-refractivity contribution >= 4 is 33.2 Å². The molecule has 0 fully saturated rings. The predicted octanol–water partition coefficient (Wildman–Crippen LogP) is 3.40. The molecule has 2 aromatic rings. The van der Waals surface area contributed by atoms with Gasteiger partial charge in [-0.25, -0.2) is 0 Å². The van der Waals surface area contributed by atoms with Crippen molar-refractivity contribution in [3.05, 3.63) is 52.3 Å². The molecule has 1 aromatic carbocycles. The lowest BCUT2D eigenvalue weighted by molar-refractivity contribution is 0.102. The Hall–Kier alpha value is -2.39. The van der Waals surface area contributed by atoms with E-state index in [-0.39, 0.29) is 5.91 Å². The van der Waals surface area contributed by atoms with E-state index >= 15 is 0 Å². The highest BCUT2D eigenvalue weighted by Crippen LogP contribution is 2.22. The fourth-order valence-corrected chi connectivity index (χ4v) is 2.19. The summed E-state index contributed by atoms with van der Waals surface area (Å²) < 4.78 is 0.790. The second-order valence-corrected chi connectivity index (χ2v) is 5.12. The van der Waals surface area contributed by atoms with E-state index in [1.165, 1.54) is 0 Å². The molecule has 1 aromatic heterocycles. The van der Waals surface area contributed by atoms with Crippen LogP contribution in [0, 0.1) is 11.3 Å². The van der Waals surface area contributed by atoms with Gasteiger partial charge >= 0.3 is 0 Å². The number of pyridine rings is 1. The van der Waals surface area contributed by atoms with Gasteiger partial charge in [-0.3, -0.25) is 9.78 Å². The van der Waals surface area contributed by atoms with E-state index in [9.17, 15) is 4.79 Å². The van der Waals surface area contributed by atoms with Crippen molar-refractivity contribution in [1.82, 2.24) is 4.98 Å².